The van der Waals surface area contributed by atoms with Crippen molar-refractivity contribution >= 4 is 44.0 Å². The molecule has 8 rings (SSSR count). The summed E-state index contributed by atoms with van der Waals surface area (Å²) in [6, 6.07) is 30.5. The molecule has 0 N–H and O–H groups in total. The molecule has 0 spiro atoms. The Morgan fingerprint density at radius 3 is 2.06 bits per heavy atom. The summed E-state index contributed by atoms with van der Waals surface area (Å²) in [5, 5.41) is 0. The minimum atomic E-state index is -1.12. The largest absolute Gasteiger partial charge is 1.00 e. The first-order chi connectivity index (χ1) is 16.7. The van der Waals surface area contributed by atoms with E-state index in [1.54, 1.807) is 6.56 Å². The van der Waals surface area contributed by atoms with Crippen LogP contribution in [0.5, 0.6) is 11.5 Å². The first kappa shape index (κ1) is 26.2. The van der Waals surface area contributed by atoms with Gasteiger partial charge in [-0.05, 0) is 0 Å². The Morgan fingerprint density at radius 2 is 1.28 bits per heavy atom. The molecule has 4 aromatic rings. The van der Waals surface area contributed by atoms with Crippen molar-refractivity contribution in [3.8, 4) is 11.5 Å². The molecule has 2 unspecified atom stereocenters. The van der Waals surface area contributed by atoms with Crippen LogP contribution in [-0.2, 0) is 23.2 Å². The summed E-state index contributed by atoms with van der Waals surface area (Å²) in [7, 11) is 0. The van der Waals surface area contributed by atoms with Crippen molar-refractivity contribution in [2.45, 2.75) is 11.8 Å². The number of rotatable bonds is 3. The van der Waals surface area contributed by atoms with E-state index in [1.807, 2.05) is 0 Å². The predicted molar refractivity (Wildman–Crippen MR) is 141 cm³/mol. The van der Waals surface area contributed by atoms with E-state index in [9.17, 15) is 0 Å². The van der Waals surface area contributed by atoms with Crippen LogP contribution < -0.4 is 29.6 Å². The molecule has 0 amide bonds. The summed E-state index contributed by atoms with van der Waals surface area (Å²) in [6.07, 6.45) is 4.93. The molecule has 4 aromatic carbocycles. The maximum Gasteiger partial charge on any atom is -1.00 e. The third kappa shape index (κ3) is 4.24. The van der Waals surface area contributed by atoms with Gasteiger partial charge in [-0.1, -0.05) is 0 Å². The Hall–Kier alpha value is -1.42. The van der Waals surface area contributed by atoms with E-state index in [-0.39, 0.29) is 30.7 Å². The number of hydrogen-bond acceptors (Lipinski definition) is 1. The Morgan fingerprint density at radius 1 is 0.611 bits per heavy atom. The Bertz CT molecular complexity index is 1530. The molecule has 36 heavy (non-hydrogen) atoms. The average Bonchev–Trinajstić information content (AvgIpc) is 3.43. The van der Waals surface area contributed by atoms with Crippen molar-refractivity contribution in [3.05, 3.63) is 134 Å². The van der Waals surface area contributed by atoms with Gasteiger partial charge >= 0.3 is 229 Å². The molecule has 0 saturated heterocycles. The van der Waals surface area contributed by atoms with Crippen LogP contribution in [0, 0.1) is 0 Å². The fraction of sp³-hybridized carbons (Fsp3) is 0.0667. The quantitative estimate of drug-likeness (QED) is 0.317. The van der Waals surface area contributed by atoms with Crippen molar-refractivity contribution in [3.63, 3.8) is 0 Å². The fourth-order valence-corrected chi connectivity index (χ4v) is 10.8. The van der Waals surface area contributed by atoms with Gasteiger partial charge in [0.05, 0.1) is 0 Å². The summed E-state index contributed by atoms with van der Waals surface area (Å²) >= 11 is 6.63. The van der Waals surface area contributed by atoms with Crippen LogP contribution in [0.15, 0.2) is 100 Å². The second kappa shape index (κ2) is 10.4. The van der Waals surface area contributed by atoms with Gasteiger partial charge < -0.3 is 24.8 Å². The van der Waals surface area contributed by atoms with Crippen molar-refractivity contribution in [2.75, 3.05) is 0 Å². The number of hydrogen-bond donors (Lipinski definition) is 0. The molecule has 6 bridgehead atoms. The molecule has 2 atom stereocenters. The van der Waals surface area contributed by atoms with Gasteiger partial charge in [0, 0.05) is 0 Å². The minimum absolute atomic E-state index is 0. The number of allylic oxidation sites excluding steroid dienone is 2. The number of fused-ring (bicyclic) bond motifs is 3. The number of ether oxygens (including phenoxy) is 1. The minimum Gasteiger partial charge on any atom is -1.00 e. The van der Waals surface area contributed by atoms with E-state index in [0.29, 0.717) is 5.92 Å². The molecule has 0 saturated carbocycles. The standard InChI is InChI=1S/C15H8BrO.C15H10Br.2ClH.Zr/c16-13-7-8-14-12-6-5-11(15(12)13)9-1-3-10(17-14)4-2-9;16-14-8-4-7-12-9-10-13(15(12)14)11-5-2-1-3-6-11;;;/h1-4,6-8,11H;1-9,13H;2*1H;/q;;;;+2/p-2. The Labute approximate surface area is 251 Å². The Kier molecular flexibility index (Phi) is 7.56. The summed E-state index contributed by atoms with van der Waals surface area (Å²) in [5.74, 6) is 2.46. The molecule has 0 aromatic heterocycles. The predicted octanol–water partition coefficient (Wildman–Crippen LogP) is 3.08. The second-order valence-corrected chi connectivity index (χ2v) is 14.0. The zero-order valence-electron chi connectivity index (χ0n) is 18.8. The molecular formula is C30H18Br2Cl2OZr. The smallest absolute Gasteiger partial charge is 1.00 e. The summed E-state index contributed by atoms with van der Waals surface area (Å²) in [5.41, 5.74) is 8.09. The number of benzene rings is 4. The van der Waals surface area contributed by atoms with Gasteiger partial charge in [0.2, 0.25) is 0 Å². The summed E-state index contributed by atoms with van der Waals surface area (Å²) in [4.78, 5) is 0. The topological polar surface area (TPSA) is 9.23 Å². The zero-order valence-corrected chi connectivity index (χ0v) is 26.0. The maximum absolute atomic E-state index is 6.30. The van der Waals surface area contributed by atoms with Gasteiger partial charge in [-0.2, -0.15) is 0 Å². The molecule has 6 heteroatoms. The fourth-order valence-electron chi connectivity index (χ4n) is 5.48. The third-order valence-corrected chi connectivity index (χ3v) is 11.9. The zero-order chi connectivity index (χ0) is 22.8. The summed E-state index contributed by atoms with van der Waals surface area (Å²) in [6.45, 7) is 0. The molecule has 1 nitrogen and oxygen atoms in total. The van der Waals surface area contributed by atoms with Gasteiger partial charge in [0.25, 0.3) is 0 Å². The van der Waals surface area contributed by atoms with E-state index in [0.717, 1.165) is 11.5 Å². The molecule has 176 valence electrons. The van der Waals surface area contributed by atoms with Crippen molar-refractivity contribution in [1.29, 1.82) is 0 Å². The first-order valence-electron chi connectivity index (χ1n) is 11.3. The van der Waals surface area contributed by atoms with Crippen LogP contribution in [0.4, 0.5) is 0 Å². The number of halogens is 4. The van der Waals surface area contributed by atoms with Gasteiger partial charge in [-0.25, -0.2) is 0 Å². The van der Waals surface area contributed by atoms with E-state index in [1.165, 1.54) is 42.3 Å². The van der Waals surface area contributed by atoms with Crippen molar-refractivity contribution in [1.82, 2.24) is 0 Å². The van der Waals surface area contributed by atoms with E-state index >= 15 is 0 Å². The molecule has 4 aliphatic rings. The van der Waals surface area contributed by atoms with Crippen LogP contribution >= 0.6 is 31.9 Å². The SMILES string of the molecule is Brc1cccc2c1C(c1ccccc1)[C]([Zr+2][C]1=Cc3c4ccc(Br)c3C1c1ccc(cc1)O4)=C2.[Cl-].[Cl-]. The van der Waals surface area contributed by atoms with Crippen LogP contribution in [0.2, 0.25) is 0 Å². The molecule has 2 aliphatic heterocycles. The second-order valence-electron chi connectivity index (χ2n) is 8.89. The van der Waals surface area contributed by atoms with Crippen LogP contribution in [-0.4, -0.2) is 0 Å². The molecule has 0 fully saturated rings. The van der Waals surface area contributed by atoms with E-state index in [2.05, 4.69) is 129 Å². The Balaban J connectivity index is 0.00000133. The molecule has 2 heterocycles. The van der Waals surface area contributed by atoms with Crippen LogP contribution in [0.25, 0.3) is 12.2 Å². The molecule has 0 radical (unpaired) electrons. The molecular weight excluding hydrogens is 698 g/mol. The van der Waals surface area contributed by atoms with Crippen molar-refractivity contribution in [2.24, 2.45) is 0 Å². The van der Waals surface area contributed by atoms with Gasteiger partial charge in [-0.15, -0.1) is 0 Å². The normalized spacial score (nSPS) is 17.7. The van der Waals surface area contributed by atoms with Crippen LogP contribution in [0.1, 0.15) is 45.2 Å². The van der Waals surface area contributed by atoms with Crippen molar-refractivity contribution < 1.29 is 52.8 Å². The first-order valence-corrected chi connectivity index (χ1v) is 15.4. The summed E-state index contributed by atoms with van der Waals surface area (Å²) < 4.78 is 11.9. The maximum atomic E-state index is 6.30. The third-order valence-electron chi connectivity index (χ3n) is 6.95. The van der Waals surface area contributed by atoms with E-state index < -0.39 is 23.2 Å². The monoisotopic (exact) mass is 712 g/mol. The van der Waals surface area contributed by atoms with Gasteiger partial charge in [-0.3, -0.25) is 0 Å². The van der Waals surface area contributed by atoms with Gasteiger partial charge in [0.15, 0.2) is 0 Å². The van der Waals surface area contributed by atoms with E-state index in [4.69, 9.17) is 4.74 Å². The van der Waals surface area contributed by atoms with Crippen LogP contribution in [0.3, 0.4) is 0 Å². The van der Waals surface area contributed by atoms with Gasteiger partial charge in [0.1, 0.15) is 0 Å². The molecule has 2 aliphatic carbocycles. The average molecular weight is 716 g/mol.